The van der Waals surface area contributed by atoms with E-state index in [1.165, 1.54) is 0 Å². The van der Waals surface area contributed by atoms with Crippen LogP contribution in [0.1, 0.15) is 32.1 Å². The summed E-state index contributed by atoms with van der Waals surface area (Å²) in [5.74, 6) is -0.121. The average molecular weight is 239 g/mol. The molecule has 0 aromatic carbocycles. The van der Waals surface area contributed by atoms with Crippen molar-refractivity contribution in [1.82, 2.24) is 4.90 Å². The van der Waals surface area contributed by atoms with Crippen LogP contribution in [0, 0.1) is 11.8 Å². The standard InChI is InChI=1S/C12H21N3O2/c13-10-3-1-2-9(10)12(17)15-6-4-8(5-7-15)11(14)16/h8-10H,1-7,13H2,(H2,14,16). The maximum Gasteiger partial charge on any atom is 0.227 e. The average Bonchev–Trinajstić information content (AvgIpc) is 2.74. The molecule has 2 unspecified atom stereocenters. The van der Waals surface area contributed by atoms with Gasteiger partial charge in [-0.2, -0.15) is 0 Å². The Morgan fingerprint density at radius 2 is 1.71 bits per heavy atom. The van der Waals surface area contributed by atoms with Gasteiger partial charge in [0.2, 0.25) is 11.8 Å². The molecular formula is C12H21N3O2. The third-order valence-corrected chi connectivity index (χ3v) is 4.10. The van der Waals surface area contributed by atoms with Gasteiger partial charge in [0.1, 0.15) is 0 Å². The molecule has 96 valence electrons. The molecule has 1 heterocycles. The zero-order valence-corrected chi connectivity index (χ0v) is 10.1. The summed E-state index contributed by atoms with van der Waals surface area (Å²) >= 11 is 0. The fraction of sp³-hybridized carbons (Fsp3) is 0.833. The van der Waals surface area contributed by atoms with Crippen molar-refractivity contribution in [2.24, 2.45) is 23.3 Å². The maximum absolute atomic E-state index is 12.2. The van der Waals surface area contributed by atoms with E-state index in [1.807, 2.05) is 4.90 Å². The Bertz CT molecular complexity index is 311. The van der Waals surface area contributed by atoms with Crippen molar-refractivity contribution in [1.29, 1.82) is 0 Å². The smallest absolute Gasteiger partial charge is 0.227 e. The van der Waals surface area contributed by atoms with Crippen LogP contribution < -0.4 is 11.5 Å². The largest absolute Gasteiger partial charge is 0.369 e. The van der Waals surface area contributed by atoms with Crippen LogP contribution >= 0.6 is 0 Å². The Hall–Kier alpha value is -1.10. The lowest BCUT2D eigenvalue weighted by Crippen LogP contribution is -2.46. The van der Waals surface area contributed by atoms with Gasteiger partial charge in [0.15, 0.2) is 0 Å². The van der Waals surface area contributed by atoms with E-state index in [-0.39, 0.29) is 29.7 Å². The number of hydrogen-bond acceptors (Lipinski definition) is 3. The van der Waals surface area contributed by atoms with Gasteiger partial charge in [0.05, 0.1) is 5.92 Å². The summed E-state index contributed by atoms with van der Waals surface area (Å²) < 4.78 is 0. The van der Waals surface area contributed by atoms with Crippen molar-refractivity contribution in [3.05, 3.63) is 0 Å². The fourth-order valence-electron chi connectivity index (χ4n) is 2.91. The van der Waals surface area contributed by atoms with Crippen molar-refractivity contribution in [3.8, 4) is 0 Å². The monoisotopic (exact) mass is 239 g/mol. The molecule has 0 radical (unpaired) electrons. The summed E-state index contributed by atoms with van der Waals surface area (Å²) in [5.41, 5.74) is 11.2. The summed E-state index contributed by atoms with van der Waals surface area (Å²) in [6.45, 7) is 1.30. The van der Waals surface area contributed by atoms with E-state index in [1.54, 1.807) is 0 Å². The Balaban J connectivity index is 1.88. The predicted octanol–water partition coefficient (Wildman–Crippen LogP) is -0.162. The minimum atomic E-state index is -0.241. The molecule has 0 bridgehead atoms. The SMILES string of the molecule is NC(=O)C1CCN(C(=O)C2CCCC2N)CC1. The van der Waals surface area contributed by atoms with E-state index < -0.39 is 0 Å². The van der Waals surface area contributed by atoms with E-state index in [2.05, 4.69) is 0 Å². The number of amides is 2. The summed E-state index contributed by atoms with van der Waals surface area (Å²) in [6, 6.07) is 0.0244. The van der Waals surface area contributed by atoms with E-state index >= 15 is 0 Å². The molecule has 5 nitrogen and oxygen atoms in total. The van der Waals surface area contributed by atoms with Crippen LogP contribution in [-0.2, 0) is 9.59 Å². The Labute approximate surface area is 102 Å². The highest BCUT2D eigenvalue weighted by Crippen LogP contribution is 2.27. The number of nitrogens with zero attached hydrogens (tertiary/aromatic N) is 1. The van der Waals surface area contributed by atoms with Crippen LogP contribution in [0.15, 0.2) is 0 Å². The van der Waals surface area contributed by atoms with Crippen molar-refractivity contribution in [3.63, 3.8) is 0 Å². The second-order valence-corrected chi connectivity index (χ2v) is 5.20. The van der Waals surface area contributed by atoms with Crippen LogP contribution in [0.25, 0.3) is 0 Å². The Morgan fingerprint density at radius 3 is 2.18 bits per heavy atom. The number of nitrogens with two attached hydrogens (primary N) is 2. The molecule has 2 atom stereocenters. The van der Waals surface area contributed by atoms with Crippen molar-refractivity contribution in [2.75, 3.05) is 13.1 Å². The molecule has 1 saturated carbocycles. The predicted molar refractivity (Wildman–Crippen MR) is 63.8 cm³/mol. The molecule has 2 fully saturated rings. The molecular weight excluding hydrogens is 218 g/mol. The third-order valence-electron chi connectivity index (χ3n) is 4.10. The molecule has 1 aliphatic carbocycles. The Morgan fingerprint density at radius 1 is 1.06 bits per heavy atom. The van der Waals surface area contributed by atoms with Gasteiger partial charge in [-0.25, -0.2) is 0 Å². The van der Waals surface area contributed by atoms with E-state index in [4.69, 9.17) is 11.5 Å². The van der Waals surface area contributed by atoms with Gasteiger partial charge >= 0.3 is 0 Å². The normalized spacial score (nSPS) is 30.5. The fourth-order valence-corrected chi connectivity index (χ4v) is 2.91. The molecule has 2 amide bonds. The van der Waals surface area contributed by atoms with Crippen molar-refractivity contribution in [2.45, 2.75) is 38.1 Å². The molecule has 2 rings (SSSR count). The minimum absolute atomic E-state index is 0.000119. The molecule has 1 saturated heterocycles. The molecule has 2 aliphatic rings. The molecule has 1 aliphatic heterocycles. The number of hydrogen-bond donors (Lipinski definition) is 2. The molecule has 0 aromatic heterocycles. The van der Waals surface area contributed by atoms with Gasteiger partial charge in [-0.15, -0.1) is 0 Å². The van der Waals surface area contributed by atoms with Gasteiger partial charge < -0.3 is 16.4 Å². The third kappa shape index (κ3) is 2.60. The summed E-state index contributed by atoms with van der Waals surface area (Å²) in [6.07, 6.45) is 4.31. The highest BCUT2D eigenvalue weighted by molar-refractivity contribution is 5.81. The lowest BCUT2D eigenvalue weighted by Gasteiger charge is -2.33. The second-order valence-electron chi connectivity index (χ2n) is 5.20. The van der Waals surface area contributed by atoms with Gasteiger partial charge in [-0.3, -0.25) is 9.59 Å². The van der Waals surface area contributed by atoms with Crippen molar-refractivity contribution < 1.29 is 9.59 Å². The van der Waals surface area contributed by atoms with Gasteiger partial charge in [0, 0.05) is 25.0 Å². The minimum Gasteiger partial charge on any atom is -0.369 e. The topological polar surface area (TPSA) is 89.4 Å². The zero-order valence-electron chi connectivity index (χ0n) is 10.1. The first-order chi connectivity index (χ1) is 8.09. The van der Waals surface area contributed by atoms with E-state index in [9.17, 15) is 9.59 Å². The number of likely N-dealkylation sites (tertiary alicyclic amines) is 1. The molecule has 17 heavy (non-hydrogen) atoms. The lowest BCUT2D eigenvalue weighted by atomic mass is 9.94. The summed E-state index contributed by atoms with van der Waals surface area (Å²) in [4.78, 5) is 25.1. The molecule has 0 spiro atoms. The second kappa shape index (κ2) is 5.04. The Kier molecular flexibility index (Phi) is 3.66. The highest BCUT2D eigenvalue weighted by Gasteiger charge is 2.35. The maximum atomic E-state index is 12.2. The zero-order chi connectivity index (χ0) is 12.4. The first kappa shape index (κ1) is 12.4. The lowest BCUT2D eigenvalue weighted by molar-refractivity contribution is -0.138. The quantitative estimate of drug-likeness (QED) is 0.701. The van der Waals surface area contributed by atoms with Crippen LogP contribution in [0.2, 0.25) is 0 Å². The van der Waals surface area contributed by atoms with Crippen LogP contribution in [0.5, 0.6) is 0 Å². The first-order valence-electron chi connectivity index (χ1n) is 6.43. The van der Waals surface area contributed by atoms with Crippen LogP contribution in [0.3, 0.4) is 0 Å². The molecule has 0 aromatic rings. The van der Waals surface area contributed by atoms with E-state index in [0.29, 0.717) is 25.9 Å². The van der Waals surface area contributed by atoms with Gasteiger partial charge in [-0.1, -0.05) is 6.42 Å². The van der Waals surface area contributed by atoms with Gasteiger partial charge in [-0.05, 0) is 25.7 Å². The summed E-state index contributed by atoms with van der Waals surface area (Å²) in [7, 11) is 0. The molecule has 5 heteroatoms. The van der Waals surface area contributed by atoms with Crippen molar-refractivity contribution >= 4 is 11.8 Å². The highest BCUT2D eigenvalue weighted by atomic mass is 16.2. The first-order valence-corrected chi connectivity index (χ1v) is 6.43. The van der Waals surface area contributed by atoms with Crippen LogP contribution in [-0.4, -0.2) is 35.8 Å². The number of carbonyl (C=O) groups is 2. The van der Waals surface area contributed by atoms with Crippen LogP contribution in [0.4, 0.5) is 0 Å². The van der Waals surface area contributed by atoms with E-state index in [0.717, 1.165) is 19.3 Å². The molecule has 4 N–H and O–H groups in total. The number of carbonyl (C=O) groups excluding carboxylic acids is 2. The summed E-state index contributed by atoms with van der Waals surface area (Å²) in [5, 5.41) is 0. The number of rotatable bonds is 2. The number of primary amides is 1. The number of piperidine rings is 1. The van der Waals surface area contributed by atoms with Gasteiger partial charge in [0.25, 0.3) is 0 Å².